The Hall–Kier alpha value is -7.08. The monoisotopic (exact) mass is 781 g/mol. The Kier molecular flexibility index (Phi) is 15.4. The van der Waals surface area contributed by atoms with Gasteiger partial charge in [0.1, 0.15) is 24.2 Å². The van der Waals surface area contributed by atoms with E-state index in [0.29, 0.717) is 16.8 Å². The second-order valence-electron chi connectivity index (χ2n) is 13.9. The summed E-state index contributed by atoms with van der Waals surface area (Å²) < 4.78 is 0. The van der Waals surface area contributed by atoms with Crippen molar-refractivity contribution >= 4 is 41.2 Å². The fourth-order valence-electron chi connectivity index (χ4n) is 6.19. The molecule has 5 aromatic rings. The first-order chi connectivity index (χ1) is 28.0. The Labute approximate surface area is 337 Å². The molecule has 298 valence electrons. The fourth-order valence-corrected chi connectivity index (χ4v) is 6.19. The number of rotatable bonds is 19. The molecule has 58 heavy (non-hydrogen) atoms. The molecule has 12 heteroatoms. The van der Waals surface area contributed by atoms with Crippen molar-refractivity contribution in [1.29, 1.82) is 0 Å². The zero-order valence-corrected chi connectivity index (χ0v) is 32.1. The van der Waals surface area contributed by atoms with Crippen LogP contribution < -0.4 is 26.6 Å². The maximum Gasteiger partial charge on any atom is 0.325 e. The Balaban J connectivity index is 1.38. The summed E-state index contributed by atoms with van der Waals surface area (Å²) in [7, 11) is 0. The number of anilines is 1. The maximum absolute atomic E-state index is 14.3. The second-order valence-corrected chi connectivity index (χ2v) is 13.9. The van der Waals surface area contributed by atoms with E-state index in [0.717, 1.165) is 16.7 Å². The Morgan fingerprint density at radius 2 is 0.828 bits per heavy atom. The van der Waals surface area contributed by atoms with Gasteiger partial charge in [0.25, 0.3) is 0 Å². The Morgan fingerprint density at radius 3 is 1.31 bits per heavy atom. The number of hydrogen-bond acceptors (Lipinski definition) is 6. The molecule has 0 aliphatic carbocycles. The molecule has 5 amide bonds. The molecule has 0 spiro atoms. The van der Waals surface area contributed by atoms with E-state index in [9.17, 15) is 33.9 Å². The van der Waals surface area contributed by atoms with Crippen molar-refractivity contribution in [2.75, 3.05) is 5.32 Å². The van der Waals surface area contributed by atoms with E-state index in [4.69, 9.17) is 0 Å². The summed E-state index contributed by atoms with van der Waals surface area (Å²) in [5.74, 6) is -4.21. The fraction of sp³-hybridized carbons (Fsp3) is 0.217. The van der Waals surface area contributed by atoms with Crippen LogP contribution in [0.2, 0.25) is 0 Å². The molecule has 0 aromatic heterocycles. The van der Waals surface area contributed by atoms with Gasteiger partial charge in [0.15, 0.2) is 0 Å². The molecule has 6 N–H and O–H groups in total. The first-order valence-electron chi connectivity index (χ1n) is 19.0. The van der Waals surface area contributed by atoms with Crippen LogP contribution in [-0.4, -0.2) is 64.8 Å². The molecule has 0 saturated heterocycles. The first-order valence-corrected chi connectivity index (χ1v) is 19.0. The van der Waals surface area contributed by atoms with Gasteiger partial charge in [-0.25, -0.2) is 0 Å². The van der Waals surface area contributed by atoms with E-state index in [1.807, 2.05) is 84.9 Å². The normalized spacial score (nSPS) is 12.8. The topological polar surface area (TPSA) is 183 Å². The van der Waals surface area contributed by atoms with Crippen LogP contribution in [0.15, 0.2) is 146 Å². The molecule has 0 fully saturated rings. The first kappa shape index (κ1) is 42.1. The predicted octanol–water partition coefficient (Wildman–Crippen LogP) is 4.84. The van der Waals surface area contributed by atoms with Crippen molar-refractivity contribution in [1.82, 2.24) is 21.3 Å². The van der Waals surface area contributed by atoms with Gasteiger partial charge in [0.2, 0.25) is 29.5 Å². The number of benzene rings is 5. The molecule has 0 saturated carbocycles. The van der Waals surface area contributed by atoms with E-state index >= 15 is 0 Å². The Bertz CT molecular complexity index is 2130. The van der Waals surface area contributed by atoms with Crippen molar-refractivity contribution in [2.45, 2.75) is 63.2 Å². The Morgan fingerprint density at radius 1 is 0.448 bits per heavy atom. The number of carboxylic acids is 1. The average Bonchev–Trinajstić information content (AvgIpc) is 3.23. The van der Waals surface area contributed by atoms with E-state index < -0.39 is 53.8 Å². The van der Waals surface area contributed by atoms with Crippen molar-refractivity contribution in [3.05, 3.63) is 162 Å². The van der Waals surface area contributed by atoms with E-state index in [2.05, 4.69) is 26.6 Å². The third kappa shape index (κ3) is 13.3. The molecule has 0 radical (unpaired) electrons. The number of carbonyl (C=O) groups excluding carboxylic acids is 5. The van der Waals surface area contributed by atoms with E-state index in [1.54, 1.807) is 60.7 Å². The quantitative estimate of drug-likeness (QED) is 0.0693. The van der Waals surface area contributed by atoms with Gasteiger partial charge < -0.3 is 31.7 Å². The standard InChI is InChI=1S/C46H47N5O7/c1-31(46(57)58)47-43(54)39(29-33-16-8-3-9-17-33)50-45(56)40(30-34-22-24-36(25-23-34)35-18-10-4-11-19-35)51-44(55)38(28-32-14-6-2-7-15-32)49-42(53)27-26-41(52)48-37-20-12-5-13-21-37/h2-25,31,38-40H,26-30H2,1H3,(H,47,54)(H,48,52)(H,49,53)(H,50,56)(H,51,55)(H,57,58)/t31-,38+,39+,40-/m0/s1. The van der Waals surface area contributed by atoms with Crippen LogP contribution in [0.3, 0.4) is 0 Å². The van der Waals surface area contributed by atoms with Gasteiger partial charge in [0, 0.05) is 37.8 Å². The lowest BCUT2D eigenvalue weighted by atomic mass is 9.98. The lowest BCUT2D eigenvalue weighted by molar-refractivity contribution is -0.141. The summed E-state index contributed by atoms with van der Waals surface area (Å²) in [5.41, 5.74) is 4.70. The number of aliphatic carboxylic acids is 1. The average molecular weight is 782 g/mol. The van der Waals surface area contributed by atoms with E-state index in [-0.39, 0.29) is 38.0 Å². The van der Waals surface area contributed by atoms with Crippen LogP contribution in [0.5, 0.6) is 0 Å². The summed E-state index contributed by atoms with van der Waals surface area (Å²) >= 11 is 0. The molecule has 0 aliphatic heterocycles. The van der Waals surface area contributed by atoms with Crippen LogP contribution in [0, 0.1) is 0 Å². The minimum Gasteiger partial charge on any atom is -0.480 e. The second kappa shape index (κ2) is 21.3. The lowest BCUT2D eigenvalue weighted by Gasteiger charge is -2.26. The highest BCUT2D eigenvalue weighted by Gasteiger charge is 2.31. The van der Waals surface area contributed by atoms with E-state index in [1.165, 1.54) is 6.92 Å². The van der Waals surface area contributed by atoms with Crippen molar-refractivity contribution < 1.29 is 33.9 Å². The molecule has 4 atom stereocenters. The molecule has 0 unspecified atom stereocenters. The largest absolute Gasteiger partial charge is 0.480 e. The van der Waals surface area contributed by atoms with Crippen molar-refractivity contribution in [3.63, 3.8) is 0 Å². The molecule has 0 heterocycles. The van der Waals surface area contributed by atoms with Gasteiger partial charge >= 0.3 is 5.97 Å². The van der Waals surface area contributed by atoms with Crippen LogP contribution >= 0.6 is 0 Å². The predicted molar refractivity (Wildman–Crippen MR) is 221 cm³/mol. The summed E-state index contributed by atoms with van der Waals surface area (Å²) in [6.07, 6.45) is -0.179. The number of carboxylic acid groups (broad SMARTS) is 1. The van der Waals surface area contributed by atoms with Gasteiger partial charge in [0.05, 0.1) is 0 Å². The van der Waals surface area contributed by atoms with Gasteiger partial charge in [-0.3, -0.25) is 28.8 Å². The number of nitrogens with one attached hydrogen (secondary N) is 5. The SMILES string of the molecule is C[C@H](NC(=O)[C@@H](Cc1ccccc1)NC(=O)[C@H](Cc1ccc(-c2ccccc2)cc1)NC(=O)[C@@H](Cc1ccccc1)NC(=O)CCC(=O)Nc1ccccc1)C(=O)O. The smallest absolute Gasteiger partial charge is 0.325 e. The zero-order valence-electron chi connectivity index (χ0n) is 32.1. The van der Waals surface area contributed by atoms with Crippen molar-refractivity contribution in [3.8, 4) is 11.1 Å². The van der Waals surface area contributed by atoms with Crippen LogP contribution in [0.25, 0.3) is 11.1 Å². The molecular weight excluding hydrogens is 735 g/mol. The minimum absolute atomic E-state index is 0.0174. The van der Waals surface area contributed by atoms with Gasteiger partial charge in [-0.2, -0.15) is 0 Å². The highest BCUT2D eigenvalue weighted by atomic mass is 16.4. The van der Waals surface area contributed by atoms with Gasteiger partial charge in [-0.05, 0) is 46.9 Å². The number of carbonyl (C=O) groups is 6. The highest BCUT2D eigenvalue weighted by molar-refractivity contribution is 5.96. The number of amides is 5. The van der Waals surface area contributed by atoms with Crippen LogP contribution in [0.1, 0.15) is 36.5 Å². The molecule has 12 nitrogen and oxygen atoms in total. The minimum atomic E-state index is -1.24. The molecule has 0 bridgehead atoms. The van der Waals surface area contributed by atoms with Gasteiger partial charge in [-0.1, -0.05) is 133 Å². The summed E-state index contributed by atoms with van der Waals surface area (Å²) in [5, 5.41) is 23.0. The molecule has 5 rings (SSSR count). The maximum atomic E-state index is 14.3. The molecular formula is C46H47N5O7. The highest BCUT2D eigenvalue weighted by Crippen LogP contribution is 2.20. The number of para-hydroxylation sites is 1. The summed E-state index contributed by atoms with van der Waals surface area (Å²) in [6.45, 7) is 1.32. The summed E-state index contributed by atoms with van der Waals surface area (Å²) in [6, 6.07) is 39.3. The lowest BCUT2D eigenvalue weighted by Crippen LogP contribution is -2.58. The third-order valence-electron chi connectivity index (χ3n) is 9.35. The zero-order chi connectivity index (χ0) is 41.3. The third-order valence-corrected chi connectivity index (χ3v) is 9.35. The number of hydrogen-bond donors (Lipinski definition) is 6. The van der Waals surface area contributed by atoms with Crippen molar-refractivity contribution in [2.24, 2.45) is 0 Å². The van der Waals surface area contributed by atoms with Gasteiger partial charge in [-0.15, -0.1) is 0 Å². The summed E-state index contributed by atoms with van der Waals surface area (Å²) in [4.78, 5) is 79.4. The van der Waals surface area contributed by atoms with Crippen LogP contribution in [0.4, 0.5) is 5.69 Å². The molecule has 5 aromatic carbocycles. The molecule has 0 aliphatic rings. The van der Waals surface area contributed by atoms with Crippen LogP contribution in [-0.2, 0) is 48.0 Å².